The molecular weight excluding hydrogens is 274 g/mol. The first-order valence-electron chi connectivity index (χ1n) is 6.91. The summed E-state index contributed by atoms with van der Waals surface area (Å²) in [7, 11) is 0. The highest BCUT2D eigenvalue weighted by atomic mass is 15.1. The second kappa shape index (κ2) is 6.58. The fourth-order valence-corrected chi connectivity index (χ4v) is 2.01. The summed E-state index contributed by atoms with van der Waals surface area (Å²) in [6, 6.07) is 18.3. The first kappa shape index (κ1) is 13.9. The van der Waals surface area contributed by atoms with Crippen molar-refractivity contribution in [3.05, 3.63) is 84.4 Å². The first-order valence-corrected chi connectivity index (χ1v) is 6.91. The van der Waals surface area contributed by atoms with Crippen LogP contribution in [0.15, 0.2) is 83.3 Å². The predicted octanol–water partition coefficient (Wildman–Crippen LogP) is 3.93. The lowest BCUT2D eigenvalue weighted by Crippen LogP contribution is -2.01. The number of azo groups is 1. The van der Waals surface area contributed by atoms with E-state index in [1.807, 2.05) is 48.5 Å². The molecule has 0 saturated heterocycles. The van der Waals surface area contributed by atoms with Crippen molar-refractivity contribution in [2.45, 2.75) is 6.04 Å². The van der Waals surface area contributed by atoms with Crippen molar-refractivity contribution in [3.8, 4) is 0 Å². The zero-order chi connectivity index (χ0) is 15.2. The zero-order valence-electron chi connectivity index (χ0n) is 11.9. The van der Waals surface area contributed by atoms with Gasteiger partial charge in [-0.3, -0.25) is 9.97 Å². The minimum Gasteiger partial charge on any atom is -0.399 e. The summed E-state index contributed by atoms with van der Waals surface area (Å²) in [5.74, 6) is 0. The average molecular weight is 289 g/mol. The fraction of sp³-hybridized carbons (Fsp3) is 0.0588. The number of hydrogen-bond donors (Lipinski definition) is 1. The minimum absolute atomic E-state index is 0.333. The molecule has 0 spiro atoms. The standard InChI is InChI=1S/C17H15N5/c18-13-7-9-14(10-8-13)21-22-17(15-5-1-3-11-19-15)16-6-2-4-12-20-16/h1-12,17H,18H2. The zero-order valence-corrected chi connectivity index (χ0v) is 11.9. The number of nitrogen functional groups attached to an aromatic ring is 1. The summed E-state index contributed by atoms with van der Waals surface area (Å²) < 4.78 is 0. The van der Waals surface area contributed by atoms with Crippen molar-refractivity contribution < 1.29 is 0 Å². The molecular formula is C17H15N5. The molecule has 2 N–H and O–H groups in total. The Balaban J connectivity index is 1.94. The van der Waals surface area contributed by atoms with E-state index < -0.39 is 0 Å². The molecule has 5 heteroatoms. The van der Waals surface area contributed by atoms with Gasteiger partial charge in [0.05, 0.1) is 17.1 Å². The summed E-state index contributed by atoms with van der Waals surface area (Å²) in [6.07, 6.45) is 3.48. The van der Waals surface area contributed by atoms with Crippen molar-refractivity contribution in [3.63, 3.8) is 0 Å². The average Bonchev–Trinajstić information content (AvgIpc) is 2.59. The van der Waals surface area contributed by atoms with Gasteiger partial charge in [0.1, 0.15) is 0 Å². The molecule has 0 aliphatic carbocycles. The molecule has 0 aliphatic heterocycles. The molecule has 0 radical (unpaired) electrons. The Morgan fingerprint density at radius 3 is 1.86 bits per heavy atom. The van der Waals surface area contributed by atoms with Crippen LogP contribution in [0.4, 0.5) is 11.4 Å². The molecule has 0 fully saturated rings. The van der Waals surface area contributed by atoms with Crippen molar-refractivity contribution in [1.29, 1.82) is 0 Å². The summed E-state index contributed by atoms with van der Waals surface area (Å²) in [6.45, 7) is 0. The van der Waals surface area contributed by atoms with Crippen molar-refractivity contribution in [2.75, 3.05) is 5.73 Å². The lowest BCUT2D eigenvalue weighted by molar-refractivity contribution is 0.751. The van der Waals surface area contributed by atoms with Gasteiger partial charge in [-0.15, -0.1) is 0 Å². The largest absolute Gasteiger partial charge is 0.399 e. The highest BCUT2D eigenvalue weighted by Gasteiger charge is 2.15. The molecule has 0 saturated carbocycles. The molecule has 0 atom stereocenters. The van der Waals surface area contributed by atoms with Gasteiger partial charge in [0.2, 0.25) is 0 Å². The molecule has 2 heterocycles. The Hall–Kier alpha value is -3.08. The van der Waals surface area contributed by atoms with E-state index in [-0.39, 0.29) is 6.04 Å². The number of benzene rings is 1. The number of hydrogen-bond acceptors (Lipinski definition) is 5. The molecule has 22 heavy (non-hydrogen) atoms. The van der Waals surface area contributed by atoms with Crippen LogP contribution < -0.4 is 5.73 Å². The molecule has 0 amide bonds. The number of pyridine rings is 2. The van der Waals surface area contributed by atoms with Gasteiger partial charge in [0, 0.05) is 18.1 Å². The lowest BCUT2D eigenvalue weighted by Gasteiger charge is -2.09. The fourth-order valence-electron chi connectivity index (χ4n) is 2.01. The second-order valence-corrected chi connectivity index (χ2v) is 4.72. The van der Waals surface area contributed by atoms with Crippen LogP contribution in [0.2, 0.25) is 0 Å². The summed E-state index contributed by atoms with van der Waals surface area (Å²) in [5.41, 5.74) is 8.73. The maximum absolute atomic E-state index is 5.67. The van der Waals surface area contributed by atoms with Gasteiger partial charge in [0.25, 0.3) is 0 Å². The Kier molecular flexibility index (Phi) is 4.15. The molecule has 108 valence electrons. The van der Waals surface area contributed by atoms with Crippen LogP contribution >= 0.6 is 0 Å². The highest BCUT2D eigenvalue weighted by molar-refractivity contribution is 5.47. The smallest absolute Gasteiger partial charge is 0.155 e. The van der Waals surface area contributed by atoms with Crippen molar-refractivity contribution in [2.24, 2.45) is 10.2 Å². The van der Waals surface area contributed by atoms with Crippen LogP contribution in [0.3, 0.4) is 0 Å². The number of aromatic nitrogens is 2. The van der Waals surface area contributed by atoms with E-state index in [1.54, 1.807) is 24.5 Å². The maximum Gasteiger partial charge on any atom is 0.155 e. The van der Waals surface area contributed by atoms with Gasteiger partial charge >= 0.3 is 0 Å². The third kappa shape index (κ3) is 3.32. The lowest BCUT2D eigenvalue weighted by atomic mass is 10.1. The van der Waals surface area contributed by atoms with E-state index in [2.05, 4.69) is 20.2 Å². The maximum atomic E-state index is 5.67. The molecule has 0 bridgehead atoms. The third-order valence-corrected chi connectivity index (χ3v) is 3.12. The first-order chi connectivity index (χ1) is 10.8. The topological polar surface area (TPSA) is 76.5 Å². The van der Waals surface area contributed by atoms with Gasteiger partial charge < -0.3 is 5.73 Å². The van der Waals surface area contributed by atoms with E-state index in [9.17, 15) is 0 Å². The number of rotatable bonds is 4. The minimum atomic E-state index is -0.333. The van der Waals surface area contributed by atoms with Crippen LogP contribution in [0, 0.1) is 0 Å². The monoisotopic (exact) mass is 289 g/mol. The van der Waals surface area contributed by atoms with Gasteiger partial charge in [-0.2, -0.15) is 10.2 Å². The second-order valence-electron chi connectivity index (χ2n) is 4.72. The molecule has 3 rings (SSSR count). The van der Waals surface area contributed by atoms with Gasteiger partial charge in [0.15, 0.2) is 6.04 Å². The van der Waals surface area contributed by atoms with Crippen LogP contribution in [0.5, 0.6) is 0 Å². The predicted molar refractivity (Wildman–Crippen MR) is 85.7 cm³/mol. The van der Waals surface area contributed by atoms with E-state index in [4.69, 9.17) is 5.73 Å². The Labute approximate surface area is 128 Å². The van der Waals surface area contributed by atoms with E-state index in [0.29, 0.717) is 5.69 Å². The molecule has 1 aromatic carbocycles. The SMILES string of the molecule is Nc1ccc(N=NC(c2ccccn2)c2ccccn2)cc1. The quantitative estimate of drug-likeness (QED) is 0.584. The Morgan fingerprint density at radius 2 is 1.36 bits per heavy atom. The van der Waals surface area contributed by atoms with Crippen LogP contribution in [-0.2, 0) is 0 Å². The molecule has 5 nitrogen and oxygen atoms in total. The normalized spacial score (nSPS) is 11.1. The Morgan fingerprint density at radius 1 is 0.773 bits per heavy atom. The van der Waals surface area contributed by atoms with E-state index >= 15 is 0 Å². The number of anilines is 1. The van der Waals surface area contributed by atoms with Crippen molar-refractivity contribution in [1.82, 2.24) is 9.97 Å². The third-order valence-electron chi connectivity index (χ3n) is 3.12. The van der Waals surface area contributed by atoms with Crippen LogP contribution in [-0.4, -0.2) is 9.97 Å². The number of nitrogens with zero attached hydrogens (tertiary/aromatic N) is 4. The molecule has 0 aliphatic rings. The van der Waals surface area contributed by atoms with Gasteiger partial charge in [-0.25, -0.2) is 0 Å². The molecule has 0 unspecified atom stereocenters. The summed E-state index contributed by atoms with van der Waals surface area (Å²) in [5, 5.41) is 8.71. The van der Waals surface area contributed by atoms with Crippen LogP contribution in [0.25, 0.3) is 0 Å². The van der Waals surface area contributed by atoms with E-state index in [1.165, 1.54) is 0 Å². The highest BCUT2D eigenvalue weighted by Crippen LogP contribution is 2.25. The molecule has 2 aromatic heterocycles. The van der Waals surface area contributed by atoms with E-state index in [0.717, 1.165) is 17.1 Å². The van der Waals surface area contributed by atoms with Gasteiger partial charge in [-0.05, 0) is 48.5 Å². The van der Waals surface area contributed by atoms with Crippen molar-refractivity contribution >= 4 is 11.4 Å². The summed E-state index contributed by atoms with van der Waals surface area (Å²) in [4.78, 5) is 8.74. The Bertz CT molecular complexity index is 700. The molecule has 3 aromatic rings. The van der Waals surface area contributed by atoms with Gasteiger partial charge in [-0.1, -0.05) is 12.1 Å². The summed E-state index contributed by atoms with van der Waals surface area (Å²) >= 11 is 0. The number of nitrogens with two attached hydrogens (primary N) is 1. The van der Waals surface area contributed by atoms with Crippen LogP contribution in [0.1, 0.15) is 17.4 Å².